The Balaban J connectivity index is 1.80. The summed E-state index contributed by atoms with van der Waals surface area (Å²) in [5.74, 6) is 1.98. The zero-order valence-corrected chi connectivity index (χ0v) is 17.5. The molecule has 0 aliphatic carbocycles. The van der Waals surface area contributed by atoms with Crippen molar-refractivity contribution in [3.05, 3.63) is 54.1 Å². The van der Waals surface area contributed by atoms with Gasteiger partial charge in [0.1, 0.15) is 11.5 Å². The summed E-state index contributed by atoms with van der Waals surface area (Å²) in [5.41, 5.74) is 2.08. The maximum absolute atomic E-state index is 12.9. The van der Waals surface area contributed by atoms with Gasteiger partial charge in [0.25, 0.3) is 5.91 Å². The molecule has 2 aromatic carbocycles. The minimum absolute atomic E-state index is 0.254. The monoisotopic (exact) mass is 404 g/mol. The van der Waals surface area contributed by atoms with Crippen LogP contribution in [0.1, 0.15) is 24.2 Å². The summed E-state index contributed by atoms with van der Waals surface area (Å²) in [5, 5.41) is 9.31. The summed E-state index contributed by atoms with van der Waals surface area (Å²) in [6, 6.07) is 14.7. The van der Waals surface area contributed by atoms with Gasteiger partial charge in [0.15, 0.2) is 11.5 Å². The molecule has 0 aliphatic rings. The molecule has 154 valence electrons. The molecule has 0 radical (unpaired) electrons. The smallest absolute Gasteiger partial charge is 0.257 e. The highest BCUT2D eigenvalue weighted by atomic mass is 16.5. The molecule has 7 nitrogen and oxygen atoms in total. The molecule has 7 heteroatoms. The van der Waals surface area contributed by atoms with E-state index in [4.69, 9.17) is 14.5 Å². The minimum Gasteiger partial charge on any atom is -0.497 e. The van der Waals surface area contributed by atoms with Crippen molar-refractivity contribution in [1.29, 1.82) is 0 Å². The van der Waals surface area contributed by atoms with E-state index >= 15 is 0 Å². The molecule has 2 heterocycles. The second kappa shape index (κ2) is 8.02. The number of hydrogen-bond acceptors (Lipinski definition) is 5. The first-order valence-electron chi connectivity index (χ1n) is 9.79. The largest absolute Gasteiger partial charge is 0.497 e. The number of nitrogens with one attached hydrogen (secondary N) is 1. The molecule has 30 heavy (non-hydrogen) atoms. The van der Waals surface area contributed by atoms with Gasteiger partial charge in [0, 0.05) is 17.5 Å². The number of pyridine rings is 1. The summed E-state index contributed by atoms with van der Waals surface area (Å²) in [6.07, 6.45) is 0. The van der Waals surface area contributed by atoms with Gasteiger partial charge in [-0.25, -0.2) is 9.67 Å². The van der Waals surface area contributed by atoms with Gasteiger partial charge in [-0.2, -0.15) is 5.10 Å². The first kappa shape index (κ1) is 19.7. The van der Waals surface area contributed by atoms with Gasteiger partial charge >= 0.3 is 0 Å². The molecule has 1 amide bonds. The fourth-order valence-corrected chi connectivity index (χ4v) is 3.37. The van der Waals surface area contributed by atoms with Gasteiger partial charge in [0.05, 0.1) is 25.1 Å². The molecule has 0 unspecified atom stereocenters. The van der Waals surface area contributed by atoms with Crippen LogP contribution in [0.3, 0.4) is 0 Å². The number of amides is 1. The second-order valence-electron chi connectivity index (χ2n) is 7.53. The van der Waals surface area contributed by atoms with Gasteiger partial charge in [-0.3, -0.25) is 4.79 Å². The Morgan fingerprint density at radius 1 is 1.07 bits per heavy atom. The van der Waals surface area contributed by atoms with Crippen LogP contribution < -0.4 is 14.8 Å². The molecule has 0 fully saturated rings. The van der Waals surface area contributed by atoms with Crippen LogP contribution >= 0.6 is 0 Å². The summed E-state index contributed by atoms with van der Waals surface area (Å²) < 4.78 is 12.4. The predicted octanol–water partition coefficient (Wildman–Crippen LogP) is 4.51. The number of carbonyl (C=O) groups is 1. The van der Waals surface area contributed by atoms with Crippen LogP contribution in [0, 0.1) is 5.92 Å². The van der Waals surface area contributed by atoms with Crippen LogP contribution in [-0.2, 0) is 6.54 Å². The maximum atomic E-state index is 12.9. The molecule has 1 N–H and O–H groups in total. The highest BCUT2D eigenvalue weighted by Gasteiger charge is 2.17. The average molecular weight is 404 g/mol. The second-order valence-corrected chi connectivity index (χ2v) is 7.53. The number of ether oxygens (including phenoxy) is 2. The van der Waals surface area contributed by atoms with Crippen molar-refractivity contribution in [2.24, 2.45) is 5.92 Å². The van der Waals surface area contributed by atoms with Crippen LogP contribution in [-0.4, -0.2) is 34.9 Å². The number of hydrogen-bond donors (Lipinski definition) is 1. The van der Waals surface area contributed by atoms with E-state index in [0.29, 0.717) is 29.6 Å². The normalized spacial score (nSPS) is 11.2. The van der Waals surface area contributed by atoms with E-state index in [0.717, 1.165) is 27.7 Å². The van der Waals surface area contributed by atoms with Crippen molar-refractivity contribution in [3.63, 3.8) is 0 Å². The van der Waals surface area contributed by atoms with E-state index in [1.807, 2.05) is 28.9 Å². The lowest BCUT2D eigenvalue weighted by molar-refractivity contribution is 0.102. The van der Waals surface area contributed by atoms with Crippen LogP contribution in [0.2, 0.25) is 0 Å². The Kier molecular flexibility index (Phi) is 5.27. The quantitative estimate of drug-likeness (QED) is 0.512. The van der Waals surface area contributed by atoms with E-state index in [-0.39, 0.29) is 5.91 Å². The molecule has 4 rings (SSSR count). The van der Waals surface area contributed by atoms with Crippen molar-refractivity contribution < 1.29 is 14.3 Å². The topological polar surface area (TPSA) is 78.3 Å². The van der Waals surface area contributed by atoms with Crippen molar-refractivity contribution in [2.75, 3.05) is 19.5 Å². The lowest BCUT2D eigenvalue weighted by Gasteiger charge is -2.06. The highest BCUT2D eigenvalue weighted by molar-refractivity contribution is 6.09. The zero-order chi connectivity index (χ0) is 21.3. The molecule has 0 saturated carbocycles. The lowest BCUT2D eigenvalue weighted by atomic mass is 10.1. The molecule has 0 bridgehead atoms. The van der Waals surface area contributed by atoms with Crippen LogP contribution in [0.15, 0.2) is 48.5 Å². The number of aromatic nitrogens is 3. The van der Waals surface area contributed by atoms with E-state index in [1.54, 1.807) is 38.5 Å². The first-order valence-corrected chi connectivity index (χ1v) is 9.79. The number of benzene rings is 2. The van der Waals surface area contributed by atoms with Crippen molar-refractivity contribution in [1.82, 2.24) is 14.8 Å². The first-order chi connectivity index (χ1) is 14.5. The third-order valence-corrected chi connectivity index (χ3v) is 4.82. The van der Waals surface area contributed by atoms with Crippen molar-refractivity contribution in [2.45, 2.75) is 20.4 Å². The highest BCUT2D eigenvalue weighted by Crippen LogP contribution is 2.29. The zero-order valence-electron chi connectivity index (χ0n) is 17.5. The van der Waals surface area contributed by atoms with E-state index in [1.165, 1.54) is 0 Å². The number of nitrogens with zero attached hydrogens (tertiary/aromatic N) is 3. The Labute approximate surface area is 174 Å². The van der Waals surface area contributed by atoms with E-state index in [9.17, 15) is 4.79 Å². The molecule has 0 spiro atoms. The Bertz CT molecular complexity index is 1230. The summed E-state index contributed by atoms with van der Waals surface area (Å²) in [6.45, 7) is 4.93. The fraction of sp³-hybridized carbons (Fsp3) is 0.261. The third-order valence-electron chi connectivity index (χ3n) is 4.82. The van der Waals surface area contributed by atoms with Crippen molar-refractivity contribution in [3.8, 4) is 11.5 Å². The number of carbonyl (C=O) groups excluding carboxylic acids is 1. The molecule has 4 aromatic rings. The third kappa shape index (κ3) is 3.78. The Hall–Kier alpha value is -3.61. The van der Waals surface area contributed by atoms with E-state index in [2.05, 4.69) is 24.3 Å². The maximum Gasteiger partial charge on any atom is 0.257 e. The average Bonchev–Trinajstić information content (AvgIpc) is 3.07. The van der Waals surface area contributed by atoms with Gasteiger partial charge in [-0.15, -0.1) is 0 Å². The summed E-state index contributed by atoms with van der Waals surface area (Å²) in [4.78, 5) is 17.7. The molecule has 0 saturated heterocycles. The van der Waals surface area contributed by atoms with Crippen LogP contribution in [0.5, 0.6) is 11.5 Å². The Morgan fingerprint density at radius 2 is 1.83 bits per heavy atom. The number of methoxy groups -OCH3 is 2. The summed E-state index contributed by atoms with van der Waals surface area (Å²) >= 11 is 0. The van der Waals surface area contributed by atoms with Gasteiger partial charge in [-0.1, -0.05) is 19.9 Å². The van der Waals surface area contributed by atoms with Gasteiger partial charge in [0.2, 0.25) is 0 Å². The Morgan fingerprint density at radius 3 is 2.57 bits per heavy atom. The number of anilines is 1. The van der Waals surface area contributed by atoms with E-state index < -0.39 is 0 Å². The van der Waals surface area contributed by atoms with Crippen molar-refractivity contribution >= 4 is 33.7 Å². The lowest BCUT2D eigenvalue weighted by Crippen LogP contribution is -2.13. The number of rotatable bonds is 6. The van der Waals surface area contributed by atoms with Gasteiger partial charge in [-0.05, 0) is 48.4 Å². The standard InChI is InChI=1S/C23H24N4O3/c1-14(2)13-27-22-19(12-16-11-18(30-4)8-9-20(16)24-22)21(26-27)25-23(28)15-6-5-7-17(10-15)29-3/h5-12,14H,13H2,1-4H3,(H,25,26,28). The van der Waals surface area contributed by atoms with Crippen LogP contribution in [0.4, 0.5) is 5.82 Å². The molecular formula is C23H24N4O3. The minimum atomic E-state index is -0.254. The van der Waals surface area contributed by atoms with Crippen LogP contribution in [0.25, 0.3) is 21.9 Å². The van der Waals surface area contributed by atoms with Gasteiger partial charge < -0.3 is 14.8 Å². The fourth-order valence-electron chi connectivity index (χ4n) is 3.37. The molecule has 0 aliphatic heterocycles. The number of fused-ring (bicyclic) bond motifs is 2. The molecule has 0 atom stereocenters. The predicted molar refractivity (Wildman–Crippen MR) is 117 cm³/mol. The molecule has 2 aromatic heterocycles. The molecular weight excluding hydrogens is 380 g/mol. The SMILES string of the molecule is COc1cccc(C(=O)Nc2nn(CC(C)C)c3nc4ccc(OC)cc4cc23)c1. The summed E-state index contributed by atoms with van der Waals surface area (Å²) in [7, 11) is 3.21.